The molecule has 0 aromatic heterocycles. The second kappa shape index (κ2) is 30.4. The first kappa shape index (κ1) is 63.1. The van der Waals surface area contributed by atoms with Gasteiger partial charge in [0.2, 0.25) is 5.78 Å². The Morgan fingerprint density at radius 1 is 0.808 bits per heavy atom. The molecule has 2 heterocycles. The summed E-state index contributed by atoms with van der Waals surface area (Å²) in [6.07, 6.45) is 8.53. The maximum Gasteiger partial charge on any atom is 0.329 e. The van der Waals surface area contributed by atoms with E-state index in [1.807, 2.05) is 51.2 Å². The highest BCUT2D eigenvalue weighted by Crippen LogP contribution is 2.36. The molecule has 1 aliphatic carbocycles. The molecule has 17 heteroatoms. The van der Waals surface area contributed by atoms with Crippen LogP contribution in [-0.2, 0) is 57.2 Å². The first-order chi connectivity index (χ1) is 34.5. The molecule has 17 nitrogen and oxygen atoms in total. The van der Waals surface area contributed by atoms with Crippen LogP contribution < -0.4 is 0 Å². The third kappa shape index (κ3) is 18.2. The Hall–Kier alpha value is -4.23. The normalized spacial score (nSPS) is 35.0. The highest BCUT2D eigenvalue weighted by Gasteiger charge is 2.43. The van der Waals surface area contributed by atoms with E-state index in [2.05, 4.69) is 0 Å². The van der Waals surface area contributed by atoms with Crippen LogP contribution >= 0.6 is 0 Å². The quantitative estimate of drug-likeness (QED) is 0.119. The van der Waals surface area contributed by atoms with E-state index in [0.717, 1.165) is 10.5 Å². The molecule has 0 spiro atoms. The predicted octanol–water partition coefficient (Wildman–Crippen LogP) is 5.57. The number of piperidine rings is 1. The highest BCUT2D eigenvalue weighted by molar-refractivity contribution is 6.63. The number of amides is 1. The van der Waals surface area contributed by atoms with Gasteiger partial charge in [-0.2, -0.15) is 0 Å². The Kier molecular flexibility index (Phi) is 26.2. The van der Waals surface area contributed by atoms with Crippen LogP contribution in [0.25, 0.3) is 0 Å². The molecule has 0 aromatic rings. The van der Waals surface area contributed by atoms with Crippen molar-refractivity contribution in [1.29, 1.82) is 0 Å². The Morgan fingerprint density at radius 3 is 2.12 bits per heavy atom. The van der Waals surface area contributed by atoms with Gasteiger partial charge in [-0.05, 0) is 114 Å². The van der Waals surface area contributed by atoms with Gasteiger partial charge in [-0.1, -0.05) is 71.1 Å². The van der Waals surface area contributed by atoms with Crippen molar-refractivity contribution in [3.05, 3.63) is 47.6 Å². The van der Waals surface area contributed by atoms with Crippen molar-refractivity contribution in [3.8, 4) is 0 Å². The third-order valence-electron chi connectivity index (χ3n) is 15.3. The lowest BCUT2D eigenvalue weighted by Gasteiger charge is -2.38. The molecule has 1 amide bonds. The van der Waals surface area contributed by atoms with Crippen molar-refractivity contribution in [2.24, 2.45) is 40.9 Å². The number of fused-ring (bicyclic) bond motifs is 1. The van der Waals surface area contributed by atoms with E-state index in [1.54, 1.807) is 26.8 Å². The largest absolute Gasteiger partial charge is 0.460 e. The molecule has 2 aliphatic heterocycles. The lowest BCUT2D eigenvalue weighted by Crippen LogP contribution is -2.53. The number of hydrogen-bond acceptors (Lipinski definition) is 16. The van der Waals surface area contributed by atoms with Crippen molar-refractivity contribution in [3.63, 3.8) is 0 Å². The van der Waals surface area contributed by atoms with Crippen LogP contribution in [0.2, 0.25) is 0 Å². The fourth-order valence-corrected chi connectivity index (χ4v) is 10.1. The maximum absolute atomic E-state index is 14.4. The van der Waals surface area contributed by atoms with Gasteiger partial charge in [-0.25, -0.2) is 4.79 Å². The number of allylic oxidation sites excluding steroid dienone is 6. The second-order valence-corrected chi connectivity index (χ2v) is 21.4. The number of carbonyl (C=O) groups is 7. The summed E-state index contributed by atoms with van der Waals surface area (Å²) in [6.45, 7) is 12.5. The average Bonchev–Trinajstić information content (AvgIpc) is 3.37. The van der Waals surface area contributed by atoms with E-state index in [0.29, 0.717) is 50.5 Å². The van der Waals surface area contributed by atoms with Gasteiger partial charge in [0.15, 0.2) is 5.78 Å². The maximum atomic E-state index is 14.4. The lowest BCUT2D eigenvalue weighted by molar-refractivity contribution is -0.177. The van der Waals surface area contributed by atoms with Crippen LogP contribution in [0.4, 0.5) is 0 Å². The number of hydrogen-bond donors (Lipinski definition) is 4. The van der Waals surface area contributed by atoms with E-state index in [-0.39, 0.29) is 62.1 Å². The van der Waals surface area contributed by atoms with Crippen LogP contribution in [0.15, 0.2) is 47.6 Å². The Bertz CT molecular complexity index is 1990. The van der Waals surface area contributed by atoms with Crippen LogP contribution in [0.1, 0.15) is 132 Å². The molecule has 412 valence electrons. The topological polar surface area (TPSA) is 250 Å². The first-order valence-electron chi connectivity index (χ1n) is 26.2. The fraction of sp³-hybridized carbons (Fsp3) is 0.732. The molecule has 0 unspecified atom stereocenters. The summed E-state index contributed by atoms with van der Waals surface area (Å²) < 4.78 is 29.0. The Balaban J connectivity index is 1.99. The van der Waals surface area contributed by atoms with Crippen molar-refractivity contribution in [2.45, 2.75) is 181 Å². The molecule has 1 saturated heterocycles. The Labute approximate surface area is 433 Å². The SMILES string of the molecule is CO[C@H]1C[C@@H](O)CC[C@@H](C)C(=O)C(=O)C(=O)N2CCCC[C@H]2C(=O)O[C@H]([C@H](C)C[C@@H]2CC[C@@H](OC(=O)C(C)(CO)CO)[C@H](OC)C2)CC(=O)[C@H](C)/C=C(\C)[C@@H](O)[C@@H](OC)C(=O)[C@H](C)C[C@H](C)/C=C/C=C/C=C/1C. The number of Topliss-reactive ketones (excluding diaryl/α,β-unsaturated/α-hetero) is 4. The molecular formula is C56H87NO16. The van der Waals surface area contributed by atoms with Gasteiger partial charge in [0, 0.05) is 58.5 Å². The van der Waals surface area contributed by atoms with E-state index < -0.39 is 120 Å². The van der Waals surface area contributed by atoms with Gasteiger partial charge in [0.1, 0.15) is 41.7 Å². The van der Waals surface area contributed by atoms with Gasteiger partial charge in [0.05, 0.1) is 31.5 Å². The molecule has 0 aromatic carbocycles. The van der Waals surface area contributed by atoms with Gasteiger partial charge < -0.3 is 49.0 Å². The number of carbonyl (C=O) groups excluding carboxylic acids is 7. The minimum atomic E-state index is -1.49. The first-order valence-corrected chi connectivity index (χ1v) is 26.2. The predicted molar refractivity (Wildman–Crippen MR) is 272 cm³/mol. The van der Waals surface area contributed by atoms with Crippen molar-refractivity contribution in [1.82, 2.24) is 4.90 Å². The van der Waals surface area contributed by atoms with Crippen LogP contribution in [0, 0.1) is 40.9 Å². The number of rotatable bonds is 10. The van der Waals surface area contributed by atoms with Crippen molar-refractivity contribution < 1.29 is 77.7 Å². The summed E-state index contributed by atoms with van der Waals surface area (Å²) in [5, 5.41) is 42.0. The number of ether oxygens (including phenoxy) is 5. The molecule has 1 saturated carbocycles. The molecule has 2 fully saturated rings. The molecular weight excluding hydrogens is 943 g/mol. The van der Waals surface area contributed by atoms with Crippen molar-refractivity contribution in [2.75, 3.05) is 41.1 Å². The van der Waals surface area contributed by atoms with Gasteiger partial charge >= 0.3 is 11.9 Å². The minimum absolute atomic E-state index is 0.0137. The third-order valence-corrected chi connectivity index (χ3v) is 15.3. The zero-order chi connectivity index (χ0) is 54.7. The average molecular weight is 1030 g/mol. The molecule has 4 N–H and O–H groups in total. The standard InChI is InChI=1S/C56H87NO16/c1-33-17-13-12-14-18-34(2)45(69-9)29-41(60)22-20-35(3)48(62)51(65)53(66)57-24-16-15-19-42(57)54(67)72-46(30-43(61)36(4)26-39(7)50(64)52(71-11)49(63)38(6)25-33)37(5)27-40-21-23-44(47(28-40)70-10)73-55(68)56(8,31-58)32-59/h12-14,17-18,26,33,35-38,40-42,44-47,50,52,58-60,64H,15-16,19-25,27-32H2,1-11H3/b14-12+,17-13+,34-18+,39-26+/t33-,35-,36-,37-,38-,40+,41+,42+,44-,45+,46+,47-,50-,52+/m1/s1. The summed E-state index contributed by atoms with van der Waals surface area (Å²) in [6, 6.07) is -1.22. The van der Waals surface area contributed by atoms with E-state index in [1.165, 1.54) is 35.2 Å². The zero-order valence-electron chi connectivity index (χ0n) is 45.3. The molecule has 14 atom stereocenters. The molecule has 3 rings (SSSR count). The van der Waals surface area contributed by atoms with Crippen LogP contribution in [0.3, 0.4) is 0 Å². The van der Waals surface area contributed by atoms with E-state index in [4.69, 9.17) is 23.7 Å². The minimum Gasteiger partial charge on any atom is -0.460 e. The number of methoxy groups -OCH3 is 3. The van der Waals surface area contributed by atoms with E-state index in [9.17, 15) is 54.0 Å². The summed E-state index contributed by atoms with van der Waals surface area (Å²) >= 11 is 0. The Morgan fingerprint density at radius 2 is 1.49 bits per heavy atom. The summed E-state index contributed by atoms with van der Waals surface area (Å²) in [4.78, 5) is 97.4. The van der Waals surface area contributed by atoms with Gasteiger partial charge in [0.25, 0.3) is 11.7 Å². The summed E-state index contributed by atoms with van der Waals surface area (Å²) in [7, 11) is 4.38. The molecule has 3 aliphatic rings. The van der Waals surface area contributed by atoms with Gasteiger partial charge in [-0.15, -0.1) is 0 Å². The number of aliphatic hydroxyl groups excluding tert-OH is 4. The van der Waals surface area contributed by atoms with Crippen molar-refractivity contribution >= 4 is 41.0 Å². The van der Waals surface area contributed by atoms with E-state index >= 15 is 0 Å². The molecule has 73 heavy (non-hydrogen) atoms. The molecule has 0 bridgehead atoms. The number of ketones is 4. The summed E-state index contributed by atoms with van der Waals surface area (Å²) in [5.74, 6) is -8.26. The second-order valence-electron chi connectivity index (χ2n) is 21.4. The van der Waals surface area contributed by atoms with Gasteiger partial charge in [-0.3, -0.25) is 28.8 Å². The monoisotopic (exact) mass is 1030 g/mol. The lowest BCUT2D eigenvalue weighted by atomic mass is 9.78. The number of aliphatic hydroxyl groups is 4. The summed E-state index contributed by atoms with van der Waals surface area (Å²) in [5.41, 5.74) is -0.315. The zero-order valence-corrected chi connectivity index (χ0v) is 45.3. The highest BCUT2D eigenvalue weighted by atomic mass is 16.6. The number of cyclic esters (lactones) is 1. The smallest absolute Gasteiger partial charge is 0.329 e. The fourth-order valence-electron chi connectivity index (χ4n) is 10.1. The van der Waals surface area contributed by atoms with Crippen LogP contribution in [-0.4, -0.2) is 156 Å². The number of nitrogens with zero attached hydrogens (tertiary/aromatic N) is 1. The molecule has 0 radical (unpaired) electrons. The number of esters is 2. The van der Waals surface area contributed by atoms with Crippen LogP contribution in [0.5, 0.6) is 0 Å².